The van der Waals surface area contributed by atoms with Crippen LogP contribution < -0.4 is 5.32 Å². The van der Waals surface area contributed by atoms with Gasteiger partial charge in [-0.25, -0.2) is 17.6 Å². The Hall–Kier alpha value is -2.40. The summed E-state index contributed by atoms with van der Waals surface area (Å²) in [6.45, 7) is 8.38. The average Bonchev–Trinajstić information content (AvgIpc) is 2.46. The minimum absolute atomic E-state index is 0.122. The van der Waals surface area contributed by atoms with E-state index in [-0.39, 0.29) is 12.0 Å². The average molecular weight is 396 g/mol. The zero-order valence-electron chi connectivity index (χ0n) is 16.4. The molecule has 0 radical (unpaired) electrons. The Labute approximate surface area is 159 Å². The van der Waals surface area contributed by atoms with E-state index in [9.17, 15) is 17.6 Å². The Bertz CT molecular complexity index is 895. The van der Waals surface area contributed by atoms with E-state index in [4.69, 9.17) is 10.00 Å². The van der Waals surface area contributed by atoms with Crippen LogP contribution in [0.25, 0.3) is 0 Å². The molecule has 148 valence electrons. The summed E-state index contributed by atoms with van der Waals surface area (Å²) in [5.74, 6) is -0.564. The highest BCUT2D eigenvalue weighted by atomic mass is 32.2. The second-order valence-electron chi connectivity index (χ2n) is 7.60. The van der Waals surface area contributed by atoms with Crippen LogP contribution in [0, 0.1) is 24.1 Å². The molecular formula is C19H25FN2O4S. The number of ether oxygens (including phenoxy) is 1. The Kier molecular flexibility index (Phi) is 6.78. The number of aryl methyl sites for hydroxylation is 1. The molecule has 1 aromatic rings. The first kappa shape index (κ1) is 22.6. The highest BCUT2D eigenvalue weighted by molar-refractivity contribution is 7.94. The highest BCUT2D eigenvalue weighted by Crippen LogP contribution is 2.30. The van der Waals surface area contributed by atoms with Crippen LogP contribution in [-0.4, -0.2) is 26.4 Å². The van der Waals surface area contributed by atoms with Crippen molar-refractivity contribution in [3.05, 3.63) is 46.1 Å². The number of nitriles is 1. The molecule has 0 saturated heterocycles. The summed E-state index contributed by atoms with van der Waals surface area (Å²) in [6.07, 6.45) is 1.18. The third kappa shape index (κ3) is 6.68. The molecule has 1 atom stereocenters. The summed E-state index contributed by atoms with van der Waals surface area (Å²) in [4.78, 5) is 11.8. The van der Waals surface area contributed by atoms with Gasteiger partial charge in [0.15, 0.2) is 9.84 Å². The number of sulfone groups is 1. The maximum Gasteiger partial charge on any atom is 0.408 e. The predicted molar refractivity (Wildman–Crippen MR) is 101 cm³/mol. The highest BCUT2D eigenvalue weighted by Gasteiger charge is 2.33. The third-order valence-corrected chi connectivity index (χ3v) is 4.76. The lowest BCUT2D eigenvalue weighted by atomic mass is 9.87. The minimum atomic E-state index is -3.73. The molecule has 27 heavy (non-hydrogen) atoms. The maximum absolute atomic E-state index is 14.5. The minimum Gasteiger partial charge on any atom is -0.444 e. The van der Waals surface area contributed by atoms with Crippen LogP contribution in [0.1, 0.15) is 45.2 Å². The number of benzene rings is 1. The summed E-state index contributed by atoms with van der Waals surface area (Å²) >= 11 is 0. The molecule has 0 saturated carbocycles. The van der Waals surface area contributed by atoms with Gasteiger partial charge in [-0.3, -0.25) is 0 Å². The number of hydrogen-bond donors (Lipinski definition) is 1. The van der Waals surface area contributed by atoms with Gasteiger partial charge >= 0.3 is 6.09 Å². The summed E-state index contributed by atoms with van der Waals surface area (Å²) < 4.78 is 43.1. The molecule has 0 aliphatic rings. The van der Waals surface area contributed by atoms with Crippen LogP contribution in [0.5, 0.6) is 0 Å². The number of allylic oxidation sites excluding steroid dienone is 1. The number of halogens is 1. The van der Waals surface area contributed by atoms with Gasteiger partial charge in [0.1, 0.15) is 22.4 Å². The molecule has 1 N–H and O–H groups in total. The maximum atomic E-state index is 14.5. The number of nitrogens with zero attached hydrogens (tertiary/aromatic N) is 1. The van der Waals surface area contributed by atoms with Crippen molar-refractivity contribution in [2.75, 3.05) is 6.26 Å². The Morgan fingerprint density at radius 2 is 1.93 bits per heavy atom. The Balaban J connectivity index is 3.40. The summed E-state index contributed by atoms with van der Waals surface area (Å²) in [6, 6.07) is 6.03. The molecule has 0 unspecified atom stereocenters. The van der Waals surface area contributed by atoms with E-state index in [2.05, 4.69) is 5.32 Å². The van der Waals surface area contributed by atoms with Gasteiger partial charge in [-0.05, 0) is 47.1 Å². The first-order chi connectivity index (χ1) is 12.2. The predicted octanol–water partition coefficient (Wildman–Crippen LogP) is 3.72. The fraction of sp³-hybridized carbons (Fsp3) is 0.474. The van der Waals surface area contributed by atoms with Gasteiger partial charge in [-0.1, -0.05) is 23.8 Å². The molecule has 1 aromatic carbocycles. The molecular weight excluding hydrogens is 371 g/mol. The number of rotatable bonds is 5. The molecule has 0 heterocycles. The molecule has 0 aliphatic carbocycles. The SMILES string of the molecule is Cc1ccc(F)c([C@](C)(C/C=C(/C#N)S(C)(=O)=O)NC(=O)OC(C)(C)C)c1. The Morgan fingerprint density at radius 1 is 1.33 bits per heavy atom. The van der Waals surface area contributed by atoms with E-state index in [1.807, 2.05) is 0 Å². The lowest BCUT2D eigenvalue weighted by molar-refractivity contribution is 0.0460. The van der Waals surface area contributed by atoms with Crippen molar-refractivity contribution in [2.24, 2.45) is 0 Å². The van der Waals surface area contributed by atoms with E-state index in [1.54, 1.807) is 52.8 Å². The van der Waals surface area contributed by atoms with Crippen molar-refractivity contribution in [3.8, 4) is 6.07 Å². The van der Waals surface area contributed by atoms with Gasteiger partial charge in [0, 0.05) is 11.8 Å². The number of nitrogens with one attached hydrogen (secondary N) is 1. The van der Waals surface area contributed by atoms with Crippen molar-refractivity contribution < 1.29 is 22.3 Å². The van der Waals surface area contributed by atoms with E-state index in [0.717, 1.165) is 11.8 Å². The van der Waals surface area contributed by atoms with Crippen LogP contribution >= 0.6 is 0 Å². The first-order valence-corrected chi connectivity index (χ1v) is 10.2. The van der Waals surface area contributed by atoms with E-state index in [1.165, 1.54) is 12.1 Å². The van der Waals surface area contributed by atoms with Crippen LogP contribution in [0.15, 0.2) is 29.2 Å². The number of carbonyl (C=O) groups is 1. The summed E-state index contributed by atoms with van der Waals surface area (Å²) in [5.41, 5.74) is -1.17. The summed E-state index contributed by atoms with van der Waals surface area (Å²) in [7, 11) is -3.73. The van der Waals surface area contributed by atoms with Crippen molar-refractivity contribution in [1.29, 1.82) is 5.26 Å². The van der Waals surface area contributed by atoms with E-state index >= 15 is 0 Å². The molecule has 8 heteroatoms. The zero-order chi connectivity index (χ0) is 21.0. The largest absolute Gasteiger partial charge is 0.444 e. The van der Waals surface area contributed by atoms with Gasteiger partial charge in [0.05, 0.1) is 5.54 Å². The third-order valence-electron chi connectivity index (χ3n) is 3.70. The lowest BCUT2D eigenvalue weighted by Gasteiger charge is -2.32. The van der Waals surface area contributed by atoms with Gasteiger partial charge < -0.3 is 10.1 Å². The Morgan fingerprint density at radius 3 is 2.41 bits per heavy atom. The number of hydrogen-bond acceptors (Lipinski definition) is 5. The first-order valence-electron chi connectivity index (χ1n) is 8.26. The zero-order valence-corrected chi connectivity index (χ0v) is 17.2. The van der Waals surface area contributed by atoms with Crippen molar-refractivity contribution in [3.63, 3.8) is 0 Å². The molecule has 0 aliphatic heterocycles. The molecule has 0 bridgehead atoms. The van der Waals surface area contributed by atoms with Crippen molar-refractivity contribution in [2.45, 2.75) is 52.2 Å². The molecule has 6 nitrogen and oxygen atoms in total. The quantitative estimate of drug-likeness (QED) is 0.765. The molecule has 1 rings (SSSR count). The van der Waals surface area contributed by atoms with Crippen molar-refractivity contribution in [1.82, 2.24) is 5.32 Å². The lowest BCUT2D eigenvalue weighted by Crippen LogP contribution is -2.46. The van der Waals surface area contributed by atoms with Gasteiger partial charge in [0.2, 0.25) is 0 Å². The van der Waals surface area contributed by atoms with Gasteiger partial charge in [-0.15, -0.1) is 0 Å². The molecule has 0 aromatic heterocycles. The number of alkyl carbamates (subject to hydrolysis) is 1. The summed E-state index contributed by atoms with van der Waals surface area (Å²) in [5, 5.41) is 11.7. The fourth-order valence-corrected chi connectivity index (χ4v) is 2.95. The number of carbonyl (C=O) groups excluding carboxylic acids is 1. The van der Waals surface area contributed by atoms with Crippen LogP contribution in [0.3, 0.4) is 0 Å². The smallest absolute Gasteiger partial charge is 0.408 e. The molecule has 0 spiro atoms. The fourth-order valence-electron chi connectivity index (χ4n) is 2.40. The second kappa shape index (κ2) is 8.09. The monoisotopic (exact) mass is 396 g/mol. The standard InChI is InChI=1S/C19H25FN2O4S/c1-13-7-8-16(20)15(11-13)19(5,22-17(23)26-18(2,3)4)10-9-14(12-21)27(6,24)25/h7-9,11H,10H2,1-6H3,(H,22,23)/b14-9-/t19-/m0/s1. The van der Waals surface area contributed by atoms with Gasteiger partial charge in [-0.2, -0.15) is 5.26 Å². The molecule has 1 amide bonds. The topological polar surface area (TPSA) is 96.3 Å². The van der Waals surface area contributed by atoms with Gasteiger partial charge in [0.25, 0.3) is 0 Å². The molecule has 0 fully saturated rings. The number of amides is 1. The van der Waals surface area contributed by atoms with Crippen LogP contribution in [0.4, 0.5) is 9.18 Å². The van der Waals surface area contributed by atoms with E-state index < -0.39 is 37.8 Å². The van der Waals surface area contributed by atoms with E-state index in [0.29, 0.717) is 0 Å². The normalized spacial score (nSPS) is 14.8. The van der Waals surface area contributed by atoms with Crippen LogP contribution in [0.2, 0.25) is 0 Å². The second-order valence-corrected chi connectivity index (χ2v) is 9.58. The van der Waals surface area contributed by atoms with Crippen LogP contribution in [-0.2, 0) is 20.1 Å². The van der Waals surface area contributed by atoms with Crippen molar-refractivity contribution >= 4 is 15.9 Å².